The predicted octanol–water partition coefficient (Wildman–Crippen LogP) is 2.04. The topological polar surface area (TPSA) is 57.2 Å². The van der Waals surface area contributed by atoms with Crippen LogP contribution in [0, 0.1) is 0 Å². The highest BCUT2D eigenvalue weighted by Gasteiger charge is 2.05. The van der Waals surface area contributed by atoms with Gasteiger partial charge in [-0.3, -0.25) is 4.79 Å². The van der Waals surface area contributed by atoms with Crippen LogP contribution in [0.4, 0.5) is 0 Å². The second-order valence-corrected chi connectivity index (χ2v) is 4.45. The molecule has 100 valence electrons. The Balaban J connectivity index is 2.14. The molecule has 0 aliphatic carbocycles. The molecule has 0 atom stereocenters. The van der Waals surface area contributed by atoms with Crippen LogP contribution in [0.1, 0.15) is 5.56 Å². The smallest absolute Gasteiger partial charge is 0.292 e. The van der Waals surface area contributed by atoms with Gasteiger partial charge in [0.25, 0.3) is 5.56 Å². The first-order chi connectivity index (χ1) is 9.22. The summed E-state index contributed by atoms with van der Waals surface area (Å²) in [6.07, 6.45) is 1.69. The molecular formula is C14H15ClN2O2. The molecule has 2 rings (SSSR count). The van der Waals surface area contributed by atoms with E-state index in [1.807, 2.05) is 18.2 Å². The van der Waals surface area contributed by atoms with E-state index in [4.69, 9.17) is 22.1 Å². The predicted molar refractivity (Wildman–Crippen MR) is 75.5 cm³/mol. The van der Waals surface area contributed by atoms with Gasteiger partial charge in [0.15, 0.2) is 5.75 Å². The van der Waals surface area contributed by atoms with Crippen molar-refractivity contribution in [2.24, 2.45) is 5.73 Å². The minimum absolute atomic E-state index is 0.181. The quantitative estimate of drug-likeness (QED) is 0.910. The summed E-state index contributed by atoms with van der Waals surface area (Å²) in [6.45, 7) is 1.15. The molecule has 5 heteroatoms. The Hall–Kier alpha value is -1.78. The van der Waals surface area contributed by atoms with Crippen LogP contribution < -0.4 is 16.0 Å². The van der Waals surface area contributed by atoms with Gasteiger partial charge in [0.1, 0.15) is 6.61 Å². The zero-order valence-corrected chi connectivity index (χ0v) is 11.1. The number of pyridine rings is 1. The lowest BCUT2D eigenvalue weighted by Gasteiger charge is -2.09. The Kier molecular flexibility index (Phi) is 4.60. The molecule has 0 fully saturated rings. The van der Waals surface area contributed by atoms with E-state index in [0.29, 0.717) is 23.9 Å². The van der Waals surface area contributed by atoms with Gasteiger partial charge in [-0.15, -0.1) is 0 Å². The third-order valence-corrected chi connectivity index (χ3v) is 3.06. The van der Waals surface area contributed by atoms with Crippen molar-refractivity contribution in [3.05, 3.63) is 63.5 Å². The molecule has 1 aromatic carbocycles. The third-order valence-electron chi connectivity index (χ3n) is 2.70. The van der Waals surface area contributed by atoms with Gasteiger partial charge in [-0.25, -0.2) is 0 Å². The first kappa shape index (κ1) is 13.6. The van der Waals surface area contributed by atoms with E-state index in [2.05, 4.69) is 0 Å². The number of rotatable bonds is 5. The fourth-order valence-corrected chi connectivity index (χ4v) is 1.90. The van der Waals surface area contributed by atoms with E-state index in [9.17, 15) is 4.79 Å². The third kappa shape index (κ3) is 3.36. The number of halogens is 1. The largest absolute Gasteiger partial charge is 0.483 e. The Labute approximate surface area is 116 Å². The second kappa shape index (κ2) is 6.41. The van der Waals surface area contributed by atoms with E-state index in [1.165, 1.54) is 4.57 Å². The molecule has 0 saturated heterocycles. The van der Waals surface area contributed by atoms with Crippen molar-refractivity contribution in [3.8, 4) is 5.75 Å². The Morgan fingerprint density at radius 2 is 2.00 bits per heavy atom. The Bertz CT molecular complexity index is 610. The maximum atomic E-state index is 12.0. The van der Waals surface area contributed by atoms with Gasteiger partial charge in [-0.05, 0) is 18.2 Å². The lowest BCUT2D eigenvalue weighted by Crippen LogP contribution is -2.24. The summed E-state index contributed by atoms with van der Waals surface area (Å²) in [5, 5.41) is 0.626. The summed E-state index contributed by atoms with van der Waals surface area (Å²) >= 11 is 6.03. The molecule has 19 heavy (non-hydrogen) atoms. The average Bonchev–Trinajstić information content (AvgIpc) is 2.42. The number of ether oxygens (including phenoxy) is 1. The van der Waals surface area contributed by atoms with Gasteiger partial charge in [0.2, 0.25) is 0 Å². The maximum absolute atomic E-state index is 12.0. The fraction of sp³-hybridized carbons (Fsp3) is 0.214. The van der Waals surface area contributed by atoms with Crippen LogP contribution in [-0.2, 0) is 13.2 Å². The highest BCUT2D eigenvalue weighted by Crippen LogP contribution is 2.16. The second-order valence-electron chi connectivity index (χ2n) is 4.04. The number of benzene rings is 1. The van der Waals surface area contributed by atoms with Crippen LogP contribution in [0.2, 0.25) is 5.02 Å². The number of nitrogens with two attached hydrogens (primary N) is 1. The summed E-state index contributed by atoms with van der Waals surface area (Å²) in [6, 6.07) is 10.8. The molecule has 0 spiro atoms. The number of hydrogen-bond acceptors (Lipinski definition) is 3. The minimum atomic E-state index is -0.181. The summed E-state index contributed by atoms with van der Waals surface area (Å²) in [5.41, 5.74) is 6.11. The molecule has 2 N–H and O–H groups in total. The SMILES string of the molecule is NCCn1cccc(OCc2ccccc2Cl)c1=O. The van der Waals surface area contributed by atoms with E-state index < -0.39 is 0 Å². The molecule has 0 aliphatic rings. The number of hydrogen-bond donors (Lipinski definition) is 1. The number of nitrogens with zero attached hydrogens (tertiary/aromatic N) is 1. The standard InChI is InChI=1S/C14H15ClN2O2/c15-12-5-2-1-4-11(12)10-19-13-6-3-8-17(9-7-16)14(13)18/h1-6,8H,7,9-10,16H2. The van der Waals surface area contributed by atoms with Gasteiger partial charge in [0.05, 0.1) is 0 Å². The van der Waals surface area contributed by atoms with Crippen molar-refractivity contribution >= 4 is 11.6 Å². The lowest BCUT2D eigenvalue weighted by atomic mass is 10.2. The van der Waals surface area contributed by atoms with Gasteiger partial charge in [-0.2, -0.15) is 0 Å². The average molecular weight is 279 g/mol. The maximum Gasteiger partial charge on any atom is 0.292 e. The zero-order chi connectivity index (χ0) is 13.7. The van der Waals surface area contributed by atoms with Crippen LogP contribution in [0.25, 0.3) is 0 Å². The van der Waals surface area contributed by atoms with Gasteiger partial charge < -0.3 is 15.0 Å². The summed E-state index contributed by atoms with van der Waals surface area (Å²) in [5.74, 6) is 0.302. The summed E-state index contributed by atoms with van der Waals surface area (Å²) in [7, 11) is 0. The van der Waals surface area contributed by atoms with Crippen LogP contribution in [0.3, 0.4) is 0 Å². The highest BCUT2D eigenvalue weighted by molar-refractivity contribution is 6.31. The van der Waals surface area contributed by atoms with E-state index in [0.717, 1.165) is 5.56 Å². The Morgan fingerprint density at radius 1 is 1.21 bits per heavy atom. The molecule has 0 saturated carbocycles. The summed E-state index contributed by atoms with van der Waals surface area (Å²) < 4.78 is 7.06. The van der Waals surface area contributed by atoms with Crippen molar-refractivity contribution in [2.45, 2.75) is 13.2 Å². The van der Waals surface area contributed by atoms with Crippen LogP contribution in [0.15, 0.2) is 47.4 Å². The normalized spacial score (nSPS) is 10.4. The van der Waals surface area contributed by atoms with Crippen molar-refractivity contribution in [1.29, 1.82) is 0 Å². The summed E-state index contributed by atoms with van der Waals surface area (Å²) in [4.78, 5) is 12.0. The van der Waals surface area contributed by atoms with E-state index in [-0.39, 0.29) is 12.2 Å². The molecule has 0 amide bonds. The first-order valence-corrected chi connectivity index (χ1v) is 6.36. The first-order valence-electron chi connectivity index (χ1n) is 5.98. The highest BCUT2D eigenvalue weighted by atomic mass is 35.5. The zero-order valence-electron chi connectivity index (χ0n) is 10.4. The van der Waals surface area contributed by atoms with Crippen LogP contribution in [0.5, 0.6) is 5.75 Å². The van der Waals surface area contributed by atoms with Crippen molar-refractivity contribution < 1.29 is 4.74 Å². The molecule has 1 aromatic heterocycles. The monoisotopic (exact) mass is 278 g/mol. The van der Waals surface area contributed by atoms with Gasteiger partial charge in [-0.1, -0.05) is 29.8 Å². The molecule has 0 bridgehead atoms. The van der Waals surface area contributed by atoms with E-state index in [1.54, 1.807) is 24.4 Å². The fourth-order valence-electron chi connectivity index (χ4n) is 1.71. The molecule has 2 aromatic rings. The minimum Gasteiger partial charge on any atom is -0.483 e. The van der Waals surface area contributed by atoms with Crippen LogP contribution >= 0.6 is 11.6 Å². The van der Waals surface area contributed by atoms with Crippen molar-refractivity contribution in [3.63, 3.8) is 0 Å². The van der Waals surface area contributed by atoms with Gasteiger partial charge in [0, 0.05) is 29.9 Å². The van der Waals surface area contributed by atoms with Crippen molar-refractivity contribution in [2.75, 3.05) is 6.54 Å². The molecule has 0 unspecified atom stereocenters. The molecule has 4 nitrogen and oxygen atoms in total. The molecule has 1 heterocycles. The van der Waals surface area contributed by atoms with E-state index >= 15 is 0 Å². The molecule has 0 radical (unpaired) electrons. The van der Waals surface area contributed by atoms with Crippen molar-refractivity contribution in [1.82, 2.24) is 4.57 Å². The molecule has 0 aliphatic heterocycles. The van der Waals surface area contributed by atoms with Crippen LogP contribution in [-0.4, -0.2) is 11.1 Å². The molecular weight excluding hydrogens is 264 g/mol. The Morgan fingerprint density at radius 3 is 2.74 bits per heavy atom. The number of aromatic nitrogens is 1. The van der Waals surface area contributed by atoms with Gasteiger partial charge >= 0.3 is 0 Å². The lowest BCUT2D eigenvalue weighted by molar-refractivity contribution is 0.299.